The second-order valence-electron chi connectivity index (χ2n) is 3.15. The van der Waals surface area contributed by atoms with Gasteiger partial charge in [-0.2, -0.15) is 0 Å². The molecule has 94 valence electrons. The molecule has 2 heterocycles. The summed E-state index contributed by atoms with van der Waals surface area (Å²) in [5.41, 5.74) is 0. The van der Waals surface area contributed by atoms with Crippen LogP contribution in [-0.2, 0) is 10.0 Å². The van der Waals surface area contributed by atoms with Gasteiger partial charge in [-0.05, 0) is 12.1 Å². The Kier molecular flexibility index (Phi) is 3.65. The number of hydrogen-bond acceptors (Lipinski definition) is 5. The lowest BCUT2D eigenvalue weighted by atomic mass is 10.5. The Morgan fingerprint density at radius 1 is 1.06 bits per heavy atom. The van der Waals surface area contributed by atoms with E-state index in [-0.39, 0.29) is 21.0 Å². The molecule has 2 rings (SSSR count). The van der Waals surface area contributed by atoms with Crippen LogP contribution in [0.1, 0.15) is 0 Å². The molecule has 0 saturated heterocycles. The average Bonchev–Trinajstić information content (AvgIpc) is 2.29. The van der Waals surface area contributed by atoms with Gasteiger partial charge in [0, 0.05) is 12.3 Å². The summed E-state index contributed by atoms with van der Waals surface area (Å²) in [6, 6.07) is 4.01. The van der Waals surface area contributed by atoms with Crippen molar-refractivity contribution in [1.29, 1.82) is 0 Å². The van der Waals surface area contributed by atoms with Gasteiger partial charge in [0.2, 0.25) is 0 Å². The van der Waals surface area contributed by atoms with E-state index in [0.717, 1.165) is 12.5 Å². The maximum Gasteiger partial charge on any atom is 0.264 e. The molecule has 2 aromatic rings. The van der Waals surface area contributed by atoms with Gasteiger partial charge >= 0.3 is 0 Å². The normalized spacial score (nSPS) is 11.2. The Bertz CT molecular complexity index is 661. The van der Waals surface area contributed by atoms with E-state index in [9.17, 15) is 8.42 Å². The summed E-state index contributed by atoms with van der Waals surface area (Å²) in [4.78, 5) is 11.0. The van der Waals surface area contributed by atoms with Gasteiger partial charge in [-0.25, -0.2) is 23.4 Å². The van der Waals surface area contributed by atoms with Crippen LogP contribution in [-0.4, -0.2) is 23.4 Å². The fraction of sp³-hybridized carbons (Fsp3) is 0. The second-order valence-corrected chi connectivity index (χ2v) is 5.60. The van der Waals surface area contributed by atoms with Crippen molar-refractivity contribution in [3.05, 3.63) is 41.0 Å². The van der Waals surface area contributed by atoms with Crippen molar-refractivity contribution in [3.63, 3.8) is 0 Å². The molecule has 0 fully saturated rings. The Hall–Kier alpha value is -1.44. The first-order valence-electron chi connectivity index (χ1n) is 4.59. The molecule has 2 aromatic heterocycles. The number of pyridine rings is 1. The highest BCUT2D eigenvalue weighted by molar-refractivity contribution is 7.92. The van der Waals surface area contributed by atoms with Crippen molar-refractivity contribution in [2.75, 3.05) is 4.72 Å². The van der Waals surface area contributed by atoms with Crippen molar-refractivity contribution in [2.45, 2.75) is 4.90 Å². The molecule has 0 aliphatic carbocycles. The quantitative estimate of drug-likeness (QED) is 0.692. The van der Waals surface area contributed by atoms with Crippen LogP contribution in [0.25, 0.3) is 0 Å². The first-order valence-corrected chi connectivity index (χ1v) is 6.83. The minimum absolute atomic E-state index is 0.0263. The number of aromatic nitrogens is 3. The monoisotopic (exact) mass is 304 g/mol. The van der Waals surface area contributed by atoms with Gasteiger partial charge in [-0.15, -0.1) is 0 Å². The molecule has 0 bridgehead atoms. The molecule has 0 unspecified atom stereocenters. The van der Waals surface area contributed by atoms with Gasteiger partial charge in [-0.1, -0.05) is 23.2 Å². The molecule has 0 atom stereocenters. The Balaban J connectivity index is 2.30. The molecule has 0 aliphatic heterocycles. The predicted octanol–water partition coefficient (Wildman–Crippen LogP) is 1.98. The molecule has 0 aromatic carbocycles. The van der Waals surface area contributed by atoms with Gasteiger partial charge in [0.25, 0.3) is 10.0 Å². The van der Waals surface area contributed by atoms with E-state index in [1.807, 2.05) is 0 Å². The summed E-state index contributed by atoms with van der Waals surface area (Å²) in [5, 5.41) is 0.343. The van der Waals surface area contributed by atoms with E-state index >= 15 is 0 Å². The molecule has 1 N–H and O–H groups in total. The van der Waals surface area contributed by atoms with E-state index in [1.54, 1.807) is 0 Å². The zero-order chi connectivity index (χ0) is 13.2. The minimum Gasteiger partial charge on any atom is -0.263 e. The zero-order valence-electron chi connectivity index (χ0n) is 8.71. The molecule has 6 nitrogen and oxygen atoms in total. The summed E-state index contributed by atoms with van der Waals surface area (Å²) < 4.78 is 26.1. The number of halogens is 2. The highest BCUT2D eigenvalue weighted by atomic mass is 35.5. The predicted molar refractivity (Wildman–Crippen MR) is 67.1 cm³/mol. The molecular weight excluding hydrogens is 299 g/mol. The van der Waals surface area contributed by atoms with Crippen LogP contribution in [0, 0.1) is 0 Å². The summed E-state index contributed by atoms with van der Waals surface area (Å²) in [7, 11) is -3.77. The molecule has 9 heteroatoms. The first-order chi connectivity index (χ1) is 8.47. The SMILES string of the molecule is O=S(=O)(Nc1cc(Cl)ncn1)c1ccc(Cl)nc1. The lowest BCUT2D eigenvalue weighted by Crippen LogP contribution is -2.14. The number of hydrogen-bond donors (Lipinski definition) is 1. The fourth-order valence-corrected chi connectivity index (χ4v) is 2.31. The van der Waals surface area contributed by atoms with Crippen molar-refractivity contribution in [3.8, 4) is 0 Å². The van der Waals surface area contributed by atoms with Gasteiger partial charge in [0.1, 0.15) is 27.3 Å². The third-order valence-corrected chi connectivity index (χ3v) is 3.65. The van der Waals surface area contributed by atoms with Crippen LogP contribution in [0.3, 0.4) is 0 Å². The van der Waals surface area contributed by atoms with Crippen LogP contribution in [0.15, 0.2) is 35.6 Å². The highest BCUT2D eigenvalue weighted by Crippen LogP contribution is 2.16. The number of sulfonamides is 1. The lowest BCUT2D eigenvalue weighted by molar-refractivity contribution is 0.600. The Morgan fingerprint density at radius 2 is 1.83 bits per heavy atom. The van der Waals surface area contributed by atoms with Gasteiger partial charge in [-0.3, -0.25) is 4.72 Å². The van der Waals surface area contributed by atoms with Crippen molar-refractivity contribution in [1.82, 2.24) is 15.0 Å². The number of nitrogens with zero attached hydrogens (tertiary/aromatic N) is 3. The second kappa shape index (κ2) is 5.05. The fourth-order valence-electron chi connectivity index (χ4n) is 1.11. The van der Waals surface area contributed by atoms with Crippen molar-refractivity contribution >= 4 is 39.0 Å². The minimum atomic E-state index is -3.77. The van der Waals surface area contributed by atoms with Crippen LogP contribution in [0.2, 0.25) is 10.3 Å². The van der Waals surface area contributed by atoms with Crippen molar-refractivity contribution in [2.24, 2.45) is 0 Å². The molecule has 0 amide bonds. The summed E-state index contributed by atoms with van der Waals surface area (Å²) in [5.74, 6) is 0.0740. The molecular formula is C9H6Cl2N4O2S. The molecule has 0 spiro atoms. The standard InChI is InChI=1S/C9H6Cl2N4O2S/c10-7-2-1-6(4-12-7)18(16,17)15-9-3-8(11)13-5-14-9/h1-5H,(H,13,14,15). The van der Waals surface area contributed by atoms with Gasteiger partial charge in [0.15, 0.2) is 0 Å². The molecule has 0 aliphatic rings. The van der Waals surface area contributed by atoms with Crippen LogP contribution in [0.4, 0.5) is 5.82 Å². The zero-order valence-corrected chi connectivity index (χ0v) is 11.0. The third-order valence-electron chi connectivity index (χ3n) is 1.88. The molecule has 0 saturated carbocycles. The third kappa shape index (κ3) is 3.06. The van der Waals surface area contributed by atoms with E-state index in [0.29, 0.717) is 0 Å². The van der Waals surface area contributed by atoms with E-state index in [4.69, 9.17) is 23.2 Å². The maximum atomic E-state index is 11.9. The number of rotatable bonds is 3. The molecule has 18 heavy (non-hydrogen) atoms. The summed E-state index contributed by atoms with van der Waals surface area (Å²) >= 11 is 11.2. The largest absolute Gasteiger partial charge is 0.264 e. The summed E-state index contributed by atoms with van der Waals surface area (Å²) in [6.45, 7) is 0. The van der Waals surface area contributed by atoms with E-state index < -0.39 is 10.0 Å². The first kappa shape index (κ1) is 13.0. The number of nitrogens with one attached hydrogen (secondary N) is 1. The smallest absolute Gasteiger partial charge is 0.263 e. The molecule has 0 radical (unpaired) electrons. The lowest BCUT2D eigenvalue weighted by Gasteiger charge is -2.06. The highest BCUT2D eigenvalue weighted by Gasteiger charge is 2.15. The Labute approximate surface area is 113 Å². The Morgan fingerprint density at radius 3 is 2.44 bits per heavy atom. The number of anilines is 1. The topological polar surface area (TPSA) is 84.8 Å². The van der Waals surface area contributed by atoms with E-state index in [2.05, 4.69) is 19.7 Å². The van der Waals surface area contributed by atoms with E-state index in [1.165, 1.54) is 18.2 Å². The van der Waals surface area contributed by atoms with Crippen molar-refractivity contribution < 1.29 is 8.42 Å². The van der Waals surface area contributed by atoms with Crippen LogP contribution < -0.4 is 4.72 Å². The van der Waals surface area contributed by atoms with Crippen LogP contribution in [0.5, 0.6) is 0 Å². The van der Waals surface area contributed by atoms with Gasteiger partial charge in [0.05, 0.1) is 0 Å². The average molecular weight is 305 g/mol. The van der Waals surface area contributed by atoms with Gasteiger partial charge < -0.3 is 0 Å². The summed E-state index contributed by atoms with van der Waals surface area (Å²) in [6.07, 6.45) is 2.30. The maximum absolute atomic E-state index is 11.9. The van der Waals surface area contributed by atoms with Crippen LogP contribution >= 0.6 is 23.2 Å².